The van der Waals surface area contributed by atoms with Crippen LogP contribution >= 0.6 is 0 Å². The summed E-state index contributed by atoms with van der Waals surface area (Å²) >= 11 is 0. The first kappa shape index (κ1) is 38.8. The molecular weight excluding hydrogens is 804 g/mol. The normalized spacial score (nSPS) is 11.3. The van der Waals surface area contributed by atoms with Crippen LogP contribution in [-0.4, -0.2) is 9.13 Å². The van der Waals surface area contributed by atoms with Crippen LogP contribution < -0.4 is 0 Å². The Balaban J connectivity index is 1.27. The van der Waals surface area contributed by atoms with Gasteiger partial charge in [-0.3, -0.25) is 0 Å². The average Bonchev–Trinajstić information content (AvgIpc) is 3.84. The van der Waals surface area contributed by atoms with E-state index in [0.29, 0.717) is 72.4 Å². The minimum atomic E-state index is -4.73. The van der Waals surface area contributed by atoms with Crippen molar-refractivity contribution < 1.29 is 13.2 Å². The summed E-state index contributed by atoms with van der Waals surface area (Å²) in [5.74, 6) is 0. The molecule has 8 aromatic carbocycles. The van der Waals surface area contributed by atoms with E-state index >= 15 is 13.2 Å². The molecule has 10 heteroatoms. The van der Waals surface area contributed by atoms with Crippen molar-refractivity contribution in [2.75, 3.05) is 0 Å². The Labute approximate surface area is 363 Å². The van der Waals surface area contributed by atoms with Gasteiger partial charge in [0.15, 0.2) is 0 Å². The van der Waals surface area contributed by atoms with Gasteiger partial charge in [-0.05, 0) is 107 Å². The van der Waals surface area contributed by atoms with Crippen molar-refractivity contribution in [1.29, 1.82) is 26.3 Å². The van der Waals surface area contributed by atoms with Crippen LogP contribution in [0.1, 0.15) is 33.4 Å². The number of alkyl halides is 3. The van der Waals surface area contributed by atoms with Gasteiger partial charge < -0.3 is 9.13 Å². The van der Waals surface area contributed by atoms with Gasteiger partial charge in [0.1, 0.15) is 6.07 Å². The molecule has 10 aromatic rings. The fourth-order valence-corrected chi connectivity index (χ4v) is 8.93. The molecular formula is C54H26F3N7. The second kappa shape index (κ2) is 14.9. The van der Waals surface area contributed by atoms with E-state index in [2.05, 4.69) is 30.3 Å². The lowest BCUT2D eigenvalue weighted by Crippen LogP contribution is -2.09. The van der Waals surface area contributed by atoms with Gasteiger partial charge in [-0.15, -0.1) is 0 Å². The second-order valence-corrected chi connectivity index (χ2v) is 15.2. The summed E-state index contributed by atoms with van der Waals surface area (Å²) in [5, 5.41) is 53.2. The predicted molar refractivity (Wildman–Crippen MR) is 240 cm³/mol. The summed E-state index contributed by atoms with van der Waals surface area (Å²) < 4.78 is 49.1. The molecule has 0 aliphatic rings. The van der Waals surface area contributed by atoms with Crippen LogP contribution in [0.5, 0.6) is 0 Å². The van der Waals surface area contributed by atoms with Crippen LogP contribution in [0.15, 0.2) is 158 Å². The maximum atomic E-state index is 15.1. The number of fused-ring (bicyclic) bond motifs is 6. The van der Waals surface area contributed by atoms with E-state index in [0.717, 1.165) is 33.2 Å². The van der Waals surface area contributed by atoms with Gasteiger partial charge in [0, 0.05) is 27.1 Å². The molecule has 0 atom stereocenters. The maximum Gasteiger partial charge on any atom is 0.417 e. The van der Waals surface area contributed by atoms with E-state index in [-0.39, 0.29) is 16.7 Å². The summed E-state index contributed by atoms with van der Waals surface area (Å²) in [4.78, 5) is 0. The maximum absolute atomic E-state index is 15.1. The molecule has 0 aliphatic heterocycles. The number of nitriles is 5. The average molecular weight is 830 g/mol. The Morgan fingerprint density at radius 2 is 0.828 bits per heavy atom. The molecule has 0 amide bonds. The topological polar surface area (TPSA) is 129 Å². The van der Waals surface area contributed by atoms with Gasteiger partial charge in [-0.25, -0.2) is 0 Å². The van der Waals surface area contributed by atoms with Gasteiger partial charge in [0.05, 0.1) is 91.1 Å². The number of halogens is 3. The van der Waals surface area contributed by atoms with Crippen molar-refractivity contribution in [2.24, 2.45) is 0 Å². The minimum absolute atomic E-state index is 0.0811. The Kier molecular flexibility index (Phi) is 9.06. The quantitative estimate of drug-likeness (QED) is 0.171. The molecule has 2 heterocycles. The third-order valence-corrected chi connectivity index (χ3v) is 11.7. The van der Waals surface area contributed by atoms with E-state index < -0.39 is 11.7 Å². The molecule has 0 N–H and O–H groups in total. The molecule has 10 rings (SSSR count). The Hall–Kier alpha value is -9.40. The van der Waals surface area contributed by atoms with Crippen molar-refractivity contribution in [3.8, 4) is 75.1 Å². The van der Waals surface area contributed by atoms with Crippen molar-refractivity contribution in [3.63, 3.8) is 0 Å². The second-order valence-electron chi connectivity index (χ2n) is 15.2. The lowest BCUT2D eigenvalue weighted by molar-refractivity contribution is -0.137. The molecule has 0 radical (unpaired) electrons. The molecule has 0 aliphatic carbocycles. The third kappa shape index (κ3) is 6.09. The van der Waals surface area contributed by atoms with Crippen LogP contribution in [-0.2, 0) is 6.18 Å². The van der Waals surface area contributed by atoms with Crippen LogP contribution in [0.3, 0.4) is 0 Å². The van der Waals surface area contributed by atoms with Gasteiger partial charge >= 0.3 is 6.18 Å². The van der Waals surface area contributed by atoms with E-state index in [1.807, 2.05) is 94.1 Å². The zero-order valence-electron chi connectivity index (χ0n) is 33.3. The fourth-order valence-electron chi connectivity index (χ4n) is 8.93. The third-order valence-electron chi connectivity index (χ3n) is 11.7. The number of aromatic nitrogens is 2. The molecule has 0 fully saturated rings. The molecule has 0 saturated heterocycles. The first-order valence-electron chi connectivity index (χ1n) is 19.9. The number of para-hydroxylation sites is 2. The minimum Gasteiger partial charge on any atom is -0.309 e. The monoisotopic (exact) mass is 829 g/mol. The summed E-state index contributed by atoms with van der Waals surface area (Å²) in [7, 11) is 0. The molecule has 7 nitrogen and oxygen atoms in total. The number of hydrogen-bond acceptors (Lipinski definition) is 5. The first-order chi connectivity index (χ1) is 31.1. The molecule has 2 aromatic heterocycles. The fraction of sp³-hybridized carbons (Fsp3) is 0.0185. The van der Waals surface area contributed by atoms with Gasteiger partial charge in [-0.2, -0.15) is 39.5 Å². The zero-order valence-corrected chi connectivity index (χ0v) is 33.3. The Morgan fingerprint density at radius 1 is 0.359 bits per heavy atom. The number of nitrogens with zero attached hydrogens (tertiary/aromatic N) is 7. The van der Waals surface area contributed by atoms with Crippen molar-refractivity contribution in [1.82, 2.24) is 9.13 Å². The van der Waals surface area contributed by atoms with Crippen molar-refractivity contribution in [2.45, 2.75) is 6.18 Å². The van der Waals surface area contributed by atoms with Crippen LogP contribution in [0.2, 0.25) is 0 Å². The zero-order chi connectivity index (χ0) is 44.3. The van der Waals surface area contributed by atoms with E-state index in [1.165, 1.54) is 18.2 Å². The molecule has 64 heavy (non-hydrogen) atoms. The summed E-state index contributed by atoms with van der Waals surface area (Å²) in [6.45, 7) is 0. The van der Waals surface area contributed by atoms with Gasteiger partial charge in [-0.1, -0.05) is 78.9 Å². The number of benzene rings is 8. The molecule has 298 valence electrons. The molecule has 0 unspecified atom stereocenters. The highest BCUT2D eigenvalue weighted by Crippen LogP contribution is 2.45. The van der Waals surface area contributed by atoms with Gasteiger partial charge in [0.2, 0.25) is 0 Å². The highest BCUT2D eigenvalue weighted by molar-refractivity contribution is 6.12. The van der Waals surface area contributed by atoms with Crippen molar-refractivity contribution >= 4 is 43.6 Å². The lowest BCUT2D eigenvalue weighted by Gasteiger charge is -2.21. The molecule has 0 bridgehead atoms. The molecule has 0 spiro atoms. The Bertz CT molecular complexity index is 3850. The van der Waals surface area contributed by atoms with Crippen LogP contribution in [0.4, 0.5) is 13.2 Å². The standard InChI is InChI=1S/C54H26F3N7/c55-54(56,57)47-10-4-1-7-41(47)46-26-52(63-48-11-5-2-8-42(48)44-23-34(15-19-50(44)63)39-17-13-32(27-58)21-36(39)29-60)38(31-62)25-53(46)64-49-12-6-3-9-43(49)45-24-35(16-20-51(45)64)40-18-14-33(28-59)22-37(40)30-61/h1-26H. The van der Waals surface area contributed by atoms with E-state index in [1.54, 1.807) is 48.5 Å². The summed E-state index contributed by atoms with van der Waals surface area (Å²) in [6, 6.07) is 55.9. The predicted octanol–water partition coefficient (Wildman–Crippen LogP) is 13.3. The smallest absolute Gasteiger partial charge is 0.309 e. The summed E-state index contributed by atoms with van der Waals surface area (Å²) in [5.41, 5.74) is 7.00. The van der Waals surface area contributed by atoms with Crippen molar-refractivity contribution in [3.05, 3.63) is 191 Å². The highest BCUT2D eigenvalue weighted by Gasteiger charge is 2.35. The largest absolute Gasteiger partial charge is 0.417 e. The van der Waals surface area contributed by atoms with E-state index in [9.17, 15) is 26.3 Å². The lowest BCUT2D eigenvalue weighted by atomic mass is 9.95. The Morgan fingerprint density at radius 3 is 1.33 bits per heavy atom. The summed E-state index contributed by atoms with van der Waals surface area (Å²) in [6.07, 6.45) is -4.73. The van der Waals surface area contributed by atoms with Gasteiger partial charge in [0.25, 0.3) is 0 Å². The first-order valence-corrected chi connectivity index (χ1v) is 19.9. The van der Waals surface area contributed by atoms with Crippen LogP contribution in [0.25, 0.3) is 88.4 Å². The highest BCUT2D eigenvalue weighted by atomic mass is 19.4. The number of hydrogen-bond donors (Lipinski definition) is 0. The van der Waals surface area contributed by atoms with Crippen LogP contribution in [0, 0.1) is 56.7 Å². The molecule has 0 saturated carbocycles. The number of rotatable bonds is 5. The SMILES string of the molecule is N#Cc1ccc(-c2ccc3c(c2)c2ccccc2n3-c2cc(-c3ccccc3C(F)(F)F)c(-n3c4ccccc4c4cc(-c5ccc(C#N)cc5C#N)ccc43)cc2C#N)c(C#N)c1. The van der Waals surface area contributed by atoms with E-state index in [4.69, 9.17) is 0 Å².